The van der Waals surface area contributed by atoms with Crippen LogP contribution in [0.4, 0.5) is 5.69 Å². The zero-order valence-electron chi connectivity index (χ0n) is 10.2. The number of benzene rings is 1. The Morgan fingerprint density at radius 2 is 1.88 bits per heavy atom. The molecule has 0 bridgehead atoms. The van der Waals surface area contributed by atoms with E-state index in [9.17, 15) is 5.11 Å². The summed E-state index contributed by atoms with van der Waals surface area (Å²) in [6, 6.07) is 3.59. The van der Waals surface area contributed by atoms with E-state index in [1.807, 2.05) is 6.07 Å². The van der Waals surface area contributed by atoms with Crippen LogP contribution in [-0.2, 0) is 5.41 Å². The maximum atomic E-state index is 9.80. The zero-order chi connectivity index (χ0) is 12.5. The molecule has 0 aliphatic heterocycles. The number of amidine groups is 1. The second-order valence-electron chi connectivity index (χ2n) is 4.82. The number of aromatic hydroxyl groups is 1. The van der Waals surface area contributed by atoms with Crippen LogP contribution in [0, 0.1) is 0 Å². The van der Waals surface area contributed by atoms with Crippen molar-refractivity contribution in [1.82, 2.24) is 0 Å². The molecule has 1 aromatic carbocycles. The Labute approximate surface area is 96.0 Å². The molecule has 0 amide bonds. The second-order valence-corrected chi connectivity index (χ2v) is 4.82. The molecule has 0 radical (unpaired) electrons. The number of aliphatic imine (C=N–C) groups is 1. The molecule has 16 heavy (non-hydrogen) atoms. The quantitative estimate of drug-likeness (QED) is 0.291. The van der Waals surface area contributed by atoms with Crippen molar-refractivity contribution in [3.8, 4) is 5.75 Å². The third kappa shape index (κ3) is 2.27. The van der Waals surface area contributed by atoms with E-state index in [1.165, 1.54) is 0 Å². The van der Waals surface area contributed by atoms with Crippen molar-refractivity contribution in [2.45, 2.75) is 26.2 Å². The SMILES string of the molecule is CN=C(N)c1cc(C(C)(C)C)cc(N)c1O. The van der Waals surface area contributed by atoms with Gasteiger partial charge in [0, 0.05) is 7.05 Å². The molecule has 0 saturated heterocycles. The first-order chi connectivity index (χ1) is 7.27. The molecule has 88 valence electrons. The van der Waals surface area contributed by atoms with Gasteiger partial charge in [-0.05, 0) is 23.1 Å². The lowest BCUT2D eigenvalue weighted by molar-refractivity contribution is 0.475. The molecule has 4 heteroatoms. The van der Waals surface area contributed by atoms with Crippen molar-refractivity contribution in [2.75, 3.05) is 12.8 Å². The van der Waals surface area contributed by atoms with Crippen molar-refractivity contribution in [2.24, 2.45) is 10.7 Å². The lowest BCUT2D eigenvalue weighted by Crippen LogP contribution is -2.17. The van der Waals surface area contributed by atoms with E-state index in [2.05, 4.69) is 25.8 Å². The number of phenolic OH excluding ortho intramolecular Hbond substituents is 1. The minimum Gasteiger partial charge on any atom is -0.505 e. The van der Waals surface area contributed by atoms with Crippen LogP contribution in [0.5, 0.6) is 5.75 Å². The van der Waals surface area contributed by atoms with Gasteiger partial charge in [0.2, 0.25) is 0 Å². The van der Waals surface area contributed by atoms with Crippen LogP contribution in [0.25, 0.3) is 0 Å². The highest BCUT2D eigenvalue weighted by Crippen LogP contribution is 2.32. The average molecular weight is 221 g/mol. The Kier molecular flexibility index (Phi) is 3.12. The molecular weight excluding hydrogens is 202 g/mol. The van der Waals surface area contributed by atoms with Crippen molar-refractivity contribution < 1.29 is 5.11 Å². The Morgan fingerprint density at radius 1 is 1.31 bits per heavy atom. The van der Waals surface area contributed by atoms with Gasteiger partial charge in [0.15, 0.2) is 0 Å². The molecule has 1 rings (SSSR count). The standard InChI is InChI=1S/C12H19N3O/c1-12(2,3)7-5-8(11(14)15-4)10(16)9(13)6-7/h5-6,16H,13H2,1-4H3,(H2,14,15). The van der Waals surface area contributed by atoms with E-state index < -0.39 is 0 Å². The van der Waals surface area contributed by atoms with Crippen LogP contribution in [0.3, 0.4) is 0 Å². The van der Waals surface area contributed by atoms with Crippen LogP contribution in [0.15, 0.2) is 17.1 Å². The van der Waals surface area contributed by atoms with Crippen molar-refractivity contribution in [3.63, 3.8) is 0 Å². The summed E-state index contributed by atoms with van der Waals surface area (Å²) in [6.07, 6.45) is 0. The smallest absolute Gasteiger partial charge is 0.149 e. The van der Waals surface area contributed by atoms with Crippen LogP contribution in [0.1, 0.15) is 31.9 Å². The van der Waals surface area contributed by atoms with Crippen molar-refractivity contribution in [3.05, 3.63) is 23.3 Å². The van der Waals surface area contributed by atoms with E-state index in [0.717, 1.165) is 5.56 Å². The predicted octanol–water partition coefficient (Wildman–Crippen LogP) is 1.61. The molecule has 0 heterocycles. The summed E-state index contributed by atoms with van der Waals surface area (Å²) in [4.78, 5) is 3.86. The summed E-state index contributed by atoms with van der Waals surface area (Å²) in [5, 5.41) is 9.80. The van der Waals surface area contributed by atoms with Gasteiger partial charge in [-0.15, -0.1) is 0 Å². The number of hydrogen-bond donors (Lipinski definition) is 3. The first kappa shape index (κ1) is 12.4. The minimum absolute atomic E-state index is 0.00361. The molecule has 5 N–H and O–H groups in total. The molecule has 1 aromatic rings. The fourth-order valence-corrected chi connectivity index (χ4v) is 1.41. The Bertz CT molecular complexity index is 431. The van der Waals surface area contributed by atoms with Crippen LogP contribution in [-0.4, -0.2) is 18.0 Å². The van der Waals surface area contributed by atoms with Gasteiger partial charge in [0.1, 0.15) is 11.6 Å². The van der Waals surface area contributed by atoms with Crippen LogP contribution >= 0.6 is 0 Å². The summed E-state index contributed by atoms with van der Waals surface area (Å²) < 4.78 is 0. The number of nitrogens with two attached hydrogens (primary N) is 2. The summed E-state index contributed by atoms with van der Waals surface area (Å²) in [6.45, 7) is 6.21. The summed E-state index contributed by atoms with van der Waals surface area (Å²) >= 11 is 0. The van der Waals surface area contributed by atoms with Crippen molar-refractivity contribution >= 4 is 11.5 Å². The average Bonchev–Trinajstić information content (AvgIpc) is 2.19. The fourth-order valence-electron chi connectivity index (χ4n) is 1.41. The molecule has 0 unspecified atom stereocenters. The largest absolute Gasteiger partial charge is 0.505 e. The number of phenols is 1. The van der Waals surface area contributed by atoms with Gasteiger partial charge in [-0.1, -0.05) is 20.8 Å². The first-order valence-electron chi connectivity index (χ1n) is 5.13. The van der Waals surface area contributed by atoms with Crippen LogP contribution < -0.4 is 11.5 Å². The highest BCUT2D eigenvalue weighted by Gasteiger charge is 2.18. The maximum absolute atomic E-state index is 9.80. The van der Waals surface area contributed by atoms with E-state index in [0.29, 0.717) is 11.3 Å². The normalized spacial score (nSPS) is 12.9. The first-order valence-corrected chi connectivity index (χ1v) is 5.13. The monoisotopic (exact) mass is 221 g/mol. The highest BCUT2D eigenvalue weighted by atomic mass is 16.3. The van der Waals surface area contributed by atoms with Gasteiger partial charge in [-0.25, -0.2) is 0 Å². The molecule has 0 aromatic heterocycles. The Morgan fingerprint density at radius 3 is 2.31 bits per heavy atom. The third-order valence-electron chi connectivity index (χ3n) is 2.52. The number of nitrogen functional groups attached to an aromatic ring is 1. The van der Waals surface area contributed by atoms with Gasteiger partial charge in [0.25, 0.3) is 0 Å². The van der Waals surface area contributed by atoms with Gasteiger partial charge >= 0.3 is 0 Å². The molecule has 4 nitrogen and oxygen atoms in total. The van der Waals surface area contributed by atoms with Gasteiger partial charge in [0.05, 0.1) is 11.3 Å². The molecule has 0 aliphatic rings. The summed E-state index contributed by atoms with van der Waals surface area (Å²) in [5.74, 6) is 0.284. The number of hydrogen-bond acceptors (Lipinski definition) is 3. The maximum Gasteiger partial charge on any atom is 0.149 e. The molecule has 0 fully saturated rings. The fraction of sp³-hybridized carbons (Fsp3) is 0.417. The lowest BCUT2D eigenvalue weighted by atomic mass is 9.85. The van der Waals surface area contributed by atoms with Gasteiger partial charge in [-0.3, -0.25) is 4.99 Å². The highest BCUT2D eigenvalue weighted by molar-refractivity contribution is 6.01. The zero-order valence-corrected chi connectivity index (χ0v) is 10.2. The Balaban J connectivity index is 3.45. The van der Waals surface area contributed by atoms with Crippen LogP contribution in [0.2, 0.25) is 0 Å². The minimum atomic E-state index is -0.0510. The molecule has 0 saturated carbocycles. The van der Waals surface area contributed by atoms with E-state index >= 15 is 0 Å². The summed E-state index contributed by atoms with van der Waals surface area (Å²) in [7, 11) is 1.58. The third-order valence-corrected chi connectivity index (χ3v) is 2.52. The Hall–Kier alpha value is -1.71. The predicted molar refractivity (Wildman–Crippen MR) is 67.9 cm³/mol. The number of nitrogens with zero attached hydrogens (tertiary/aromatic N) is 1. The molecule has 0 atom stereocenters. The van der Waals surface area contributed by atoms with Crippen molar-refractivity contribution in [1.29, 1.82) is 0 Å². The molecule has 0 spiro atoms. The van der Waals surface area contributed by atoms with E-state index in [1.54, 1.807) is 13.1 Å². The topological polar surface area (TPSA) is 84.6 Å². The summed E-state index contributed by atoms with van der Waals surface area (Å²) in [5.41, 5.74) is 13.2. The lowest BCUT2D eigenvalue weighted by Gasteiger charge is -2.21. The molecular formula is C12H19N3O. The number of anilines is 1. The number of rotatable bonds is 1. The van der Waals surface area contributed by atoms with Gasteiger partial charge in [-0.2, -0.15) is 0 Å². The second kappa shape index (κ2) is 4.04. The van der Waals surface area contributed by atoms with E-state index in [4.69, 9.17) is 11.5 Å². The molecule has 0 aliphatic carbocycles. The van der Waals surface area contributed by atoms with Gasteiger partial charge < -0.3 is 16.6 Å². The van der Waals surface area contributed by atoms with E-state index in [-0.39, 0.29) is 17.0 Å².